The first-order valence-corrected chi connectivity index (χ1v) is 10.6. The molecule has 164 valence electrons. The van der Waals surface area contributed by atoms with E-state index in [0.29, 0.717) is 25.7 Å². The molecule has 2 N–H and O–H groups in total. The molecule has 1 heterocycles. The summed E-state index contributed by atoms with van der Waals surface area (Å²) < 4.78 is 11.0. The maximum absolute atomic E-state index is 5.88. The number of piperazine rings is 1. The van der Waals surface area contributed by atoms with E-state index in [4.69, 9.17) is 9.47 Å². The molecule has 1 aliphatic rings. The minimum atomic E-state index is 0.545. The number of guanidine groups is 1. The van der Waals surface area contributed by atoms with Crippen molar-refractivity contribution in [1.82, 2.24) is 20.4 Å². The predicted molar refractivity (Wildman–Crippen MR) is 120 cm³/mol. The van der Waals surface area contributed by atoms with Crippen LogP contribution < -0.4 is 15.4 Å². The number of nitrogens with zero attached hydrogens (tertiary/aromatic N) is 3. The molecule has 0 radical (unpaired) electrons. The molecule has 1 atom stereocenters. The second-order valence-electron chi connectivity index (χ2n) is 7.97. The highest BCUT2D eigenvalue weighted by atomic mass is 16.5. The lowest BCUT2D eigenvalue weighted by Gasteiger charge is -2.34. The molecule has 0 saturated carbocycles. The Kier molecular flexibility index (Phi) is 10.2. The molecule has 1 saturated heterocycles. The van der Waals surface area contributed by atoms with Gasteiger partial charge in [0.05, 0.1) is 6.61 Å². The van der Waals surface area contributed by atoms with Crippen molar-refractivity contribution in [3.63, 3.8) is 0 Å². The van der Waals surface area contributed by atoms with Crippen LogP contribution in [-0.4, -0.2) is 89.4 Å². The van der Waals surface area contributed by atoms with Crippen LogP contribution in [0.25, 0.3) is 0 Å². The lowest BCUT2D eigenvalue weighted by Crippen LogP contribution is -2.47. The van der Waals surface area contributed by atoms with E-state index in [0.717, 1.165) is 56.5 Å². The Labute approximate surface area is 176 Å². The van der Waals surface area contributed by atoms with Crippen molar-refractivity contribution in [2.75, 3.05) is 73.7 Å². The number of likely N-dealkylation sites (N-methyl/N-ethyl adjacent to an activating group) is 1. The molecule has 29 heavy (non-hydrogen) atoms. The van der Waals surface area contributed by atoms with Crippen LogP contribution in [0, 0.1) is 12.8 Å². The summed E-state index contributed by atoms with van der Waals surface area (Å²) in [6.07, 6.45) is 0. The number of aryl methyl sites for hydroxylation is 1. The number of methoxy groups -OCH3 is 1. The Morgan fingerprint density at radius 2 is 1.93 bits per heavy atom. The van der Waals surface area contributed by atoms with E-state index >= 15 is 0 Å². The first-order chi connectivity index (χ1) is 14.0. The van der Waals surface area contributed by atoms with Gasteiger partial charge in [-0.25, -0.2) is 0 Å². The zero-order valence-corrected chi connectivity index (χ0v) is 18.8. The monoisotopic (exact) mass is 405 g/mol. The number of ether oxygens (including phenoxy) is 2. The van der Waals surface area contributed by atoms with Gasteiger partial charge in [0.2, 0.25) is 0 Å². The van der Waals surface area contributed by atoms with E-state index in [1.165, 1.54) is 5.56 Å². The van der Waals surface area contributed by atoms with Gasteiger partial charge in [0.25, 0.3) is 0 Å². The lowest BCUT2D eigenvalue weighted by molar-refractivity contribution is 0.139. The average molecular weight is 406 g/mol. The van der Waals surface area contributed by atoms with Gasteiger partial charge >= 0.3 is 0 Å². The Balaban J connectivity index is 1.78. The third-order valence-electron chi connectivity index (χ3n) is 5.22. The quantitative estimate of drug-likeness (QED) is 0.350. The molecule has 0 amide bonds. The van der Waals surface area contributed by atoms with E-state index in [1.54, 1.807) is 7.11 Å². The molecule has 0 aliphatic carbocycles. The summed E-state index contributed by atoms with van der Waals surface area (Å²) >= 11 is 0. The van der Waals surface area contributed by atoms with E-state index in [1.807, 2.05) is 7.05 Å². The molecule has 2 rings (SSSR count). The van der Waals surface area contributed by atoms with Crippen molar-refractivity contribution >= 4 is 5.96 Å². The maximum Gasteiger partial charge on any atom is 0.191 e. The maximum atomic E-state index is 5.88. The van der Waals surface area contributed by atoms with Crippen LogP contribution >= 0.6 is 0 Å². The van der Waals surface area contributed by atoms with Gasteiger partial charge in [0.15, 0.2) is 5.96 Å². The zero-order valence-electron chi connectivity index (χ0n) is 18.8. The fourth-order valence-electron chi connectivity index (χ4n) is 3.38. The summed E-state index contributed by atoms with van der Waals surface area (Å²) in [6.45, 7) is 12.8. The second kappa shape index (κ2) is 12.7. The first-order valence-electron chi connectivity index (χ1n) is 10.6. The first kappa shape index (κ1) is 23.4. The van der Waals surface area contributed by atoms with E-state index in [9.17, 15) is 0 Å². The molecule has 1 fully saturated rings. The van der Waals surface area contributed by atoms with Gasteiger partial charge < -0.3 is 29.9 Å². The molecule has 1 aliphatic heterocycles. The Hall–Kier alpha value is -1.83. The Bertz CT molecular complexity index is 630. The van der Waals surface area contributed by atoms with Crippen molar-refractivity contribution in [2.45, 2.75) is 20.4 Å². The van der Waals surface area contributed by atoms with Crippen LogP contribution in [0.4, 0.5) is 0 Å². The van der Waals surface area contributed by atoms with Crippen molar-refractivity contribution < 1.29 is 9.47 Å². The molecule has 1 aromatic carbocycles. The fraction of sp³-hybridized carbons (Fsp3) is 0.682. The molecule has 0 aromatic heterocycles. The number of hydrogen-bond acceptors (Lipinski definition) is 5. The lowest BCUT2D eigenvalue weighted by atomic mass is 10.1. The summed E-state index contributed by atoms with van der Waals surface area (Å²) in [6, 6.07) is 6.28. The van der Waals surface area contributed by atoms with E-state index in [-0.39, 0.29) is 0 Å². The van der Waals surface area contributed by atoms with Crippen LogP contribution in [0.5, 0.6) is 5.75 Å². The van der Waals surface area contributed by atoms with Gasteiger partial charge in [-0.15, -0.1) is 0 Å². The van der Waals surface area contributed by atoms with Crippen LogP contribution in [-0.2, 0) is 11.3 Å². The van der Waals surface area contributed by atoms with E-state index in [2.05, 4.69) is 64.5 Å². The Morgan fingerprint density at radius 1 is 1.17 bits per heavy atom. The minimum absolute atomic E-state index is 0.545. The van der Waals surface area contributed by atoms with Crippen LogP contribution in [0.1, 0.15) is 18.1 Å². The topological polar surface area (TPSA) is 61.4 Å². The van der Waals surface area contributed by atoms with Crippen LogP contribution in [0.3, 0.4) is 0 Å². The third kappa shape index (κ3) is 8.60. The molecule has 7 nitrogen and oxygen atoms in total. The third-order valence-corrected chi connectivity index (χ3v) is 5.22. The normalized spacial score (nSPS) is 17.2. The van der Waals surface area contributed by atoms with Gasteiger partial charge in [-0.2, -0.15) is 0 Å². The largest absolute Gasteiger partial charge is 0.491 e. The standard InChI is InChI=1S/C22H39N5O2/c1-18-6-7-20(21(14-18)29-13-12-28-5)16-25-22(23-3)24-15-19(2)17-27-10-8-26(4)9-11-27/h6-7,14,19H,8-13,15-17H2,1-5H3,(H2,23,24,25). The molecule has 0 spiro atoms. The number of hydrogen-bond donors (Lipinski definition) is 2. The Morgan fingerprint density at radius 3 is 2.62 bits per heavy atom. The number of benzene rings is 1. The molecular weight excluding hydrogens is 366 g/mol. The molecule has 7 heteroatoms. The minimum Gasteiger partial charge on any atom is -0.491 e. The molecular formula is C22H39N5O2. The number of nitrogens with one attached hydrogen (secondary N) is 2. The smallest absolute Gasteiger partial charge is 0.191 e. The number of aliphatic imine (C=N–C) groups is 1. The number of rotatable bonds is 10. The predicted octanol–water partition coefficient (Wildman–Crippen LogP) is 1.57. The van der Waals surface area contributed by atoms with Gasteiger partial charge in [-0.05, 0) is 31.5 Å². The van der Waals surface area contributed by atoms with Crippen LogP contribution in [0.15, 0.2) is 23.2 Å². The second-order valence-corrected chi connectivity index (χ2v) is 7.97. The van der Waals surface area contributed by atoms with E-state index < -0.39 is 0 Å². The van der Waals surface area contributed by atoms with Gasteiger partial charge in [0.1, 0.15) is 12.4 Å². The summed E-state index contributed by atoms with van der Waals surface area (Å²) in [5.41, 5.74) is 2.29. The SMILES string of the molecule is CN=C(NCc1ccc(C)cc1OCCOC)NCC(C)CN1CCN(C)CC1. The molecule has 1 unspecified atom stereocenters. The molecule has 0 bridgehead atoms. The average Bonchev–Trinajstić information content (AvgIpc) is 2.71. The van der Waals surface area contributed by atoms with Gasteiger partial charge in [-0.1, -0.05) is 19.1 Å². The summed E-state index contributed by atoms with van der Waals surface area (Å²) in [4.78, 5) is 9.31. The zero-order chi connectivity index (χ0) is 21.1. The summed E-state index contributed by atoms with van der Waals surface area (Å²) in [7, 11) is 5.69. The summed E-state index contributed by atoms with van der Waals surface area (Å²) in [5.74, 6) is 2.27. The van der Waals surface area contributed by atoms with Crippen molar-refractivity contribution in [2.24, 2.45) is 10.9 Å². The van der Waals surface area contributed by atoms with Crippen molar-refractivity contribution in [3.05, 3.63) is 29.3 Å². The van der Waals surface area contributed by atoms with Crippen LogP contribution in [0.2, 0.25) is 0 Å². The van der Waals surface area contributed by atoms with Gasteiger partial charge in [0, 0.05) is 65.5 Å². The highest BCUT2D eigenvalue weighted by Crippen LogP contribution is 2.20. The van der Waals surface area contributed by atoms with Gasteiger partial charge in [-0.3, -0.25) is 4.99 Å². The highest BCUT2D eigenvalue weighted by Gasteiger charge is 2.16. The fourth-order valence-corrected chi connectivity index (χ4v) is 3.38. The summed E-state index contributed by atoms with van der Waals surface area (Å²) in [5, 5.41) is 6.87. The van der Waals surface area contributed by atoms with Crippen molar-refractivity contribution in [3.8, 4) is 5.75 Å². The van der Waals surface area contributed by atoms with Crippen molar-refractivity contribution in [1.29, 1.82) is 0 Å². The highest BCUT2D eigenvalue weighted by molar-refractivity contribution is 5.79. The molecule has 1 aromatic rings.